The fourth-order valence-electron chi connectivity index (χ4n) is 2.51. The van der Waals surface area contributed by atoms with Crippen LogP contribution in [-0.4, -0.2) is 46.6 Å². The van der Waals surface area contributed by atoms with Gasteiger partial charge in [0, 0.05) is 17.7 Å². The molecular weight excluding hydrogens is 434 g/mol. The van der Waals surface area contributed by atoms with E-state index in [2.05, 4.69) is 16.2 Å². The molecule has 162 valence electrons. The highest BCUT2D eigenvalue weighted by molar-refractivity contribution is 7.80. The van der Waals surface area contributed by atoms with Gasteiger partial charge in [0.2, 0.25) is 5.75 Å². The van der Waals surface area contributed by atoms with E-state index in [1.807, 2.05) is 0 Å². The summed E-state index contributed by atoms with van der Waals surface area (Å²) in [6.07, 6.45) is 0. The van der Waals surface area contributed by atoms with Gasteiger partial charge >= 0.3 is 0 Å². The van der Waals surface area contributed by atoms with E-state index < -0.39 is 5.91 Å². The summed E-state index contributed by atoms with van der Waals surface area (Å²) in [6.45, 7) is 0. The Hall–Kier alpha value is -3.11. The molecule has 0 spiro atoms. The molecule has 0 radical (unpaired) electrons. The molecule has 2 aromatic carbocycles. The predicted octanol–water partition coefficient (Wildman–Crippen LogP) is 3.01. The second kappa shape index (κ2) is 10.6. The molecule has 0 aromatic heterocycles. The lowest BCUT2D eigenvalue weighted by atomic mass is 10.1. The van der Waals surface area contributed by atoms with Crippen LogP contribution in [0.15, 0.2) is 24.3 Å². The van der Waals surface area contributed by atoms with Crippen LogP contribution < -0.4 is 39.9 Å². The third kappa shape index (κ3) is 5.28. The van der Waals surface area contributed by atoms with Crippen molar-refractivity contribution in [2.45, 2.75) is 0 Å². The van der Waals surface area contributed by atoms with Gasteiger partial charge in [0.05, 0.1) is 46.3 Å². The number of hydrogen-bond acceptors (Lipinski definition) is 7. The summed E-state index contributed by atoms with van der Waals surface area (Å²) >= 11 is 11.3. The van der Waals surface area contributed by atoms with Crippen LogP contribution in [0.2, 0.25) is 5.02 Å². The molecule has 0 unspecified atom stereocenters. The van der Waals surface area contributed by atoms with Crippen molar-refractivity contribution in [1.82, 2.24) is 10.9 Å². The topological polar surface area (TPSA) is 99.3 Å². The van der Waals surface area contributed by atoms with Crippen molar-refractivity contribution in [3.8, 4) is 28.7 Å². The highest BCUT2D eigenvalue weighted by Crippen LogP contribution is 2.38. The van der Waals surface area contributed by atoms with Gasteiger partial charge in [-0.2, -0.15) is 0 Å². The van der Waals surface area contributed by atoms with E-state index in [9.17, 15) is 4.79 Å². The molecule has 0 aliphatic rings. The quantitative estimate of drug-likeness (QED) is 0.429. The number of carbonyl (C=O) groups excluding carboxylic acids is 1. The number of thiocarbonyl (C=S) groups is 1. The first-order chi connectivity index (χ1) is 14.4. The highest BCUT2D eigenvalue weighted by Gasteiger charge is 2.17. The first kappa shape index (κ1) is 23.2. The highest BCUT2D eigenvalue weighted by atomic mass is 35.5. The number of carbonyl (C=O) groups is 1. The van der Waals surface area contributed by atoms with Crippen LogP contribution in [0.3, 0.4) is 0 Å². The van der Waals surface area contributed by atoms with E-state index in [0.717, 1.165) is 0 Å². The van der Waals surface area contributed by atoms with Crippen molar-refractivity contribution in [2.75, 3.05) is 40.9 Å². The molecule has 11 heteroatoms. The maximum absolute atomic E-state index is 12.5. The molecule has 0 saturated carbocycles. The molecule has 0 heterocycles. The molecule has 0 bridgehead atoms. The summed E-state index contributed by atoms with van der Waals surface area (Å²) in [5, 5.41) is 3.40. The smallest absolute Gasteiger partial charge is 0.269 e. The molecule has 2 aromatic rings. The first-order valence-corrected chi connectivity index (χ1v) is 9.25. The number of ether oxygens (including phenoxy) is 5. The lowest BCUT2D eigenvalue weighted by Gasteiger charge is -2.16. The number of anilines is 1. The molecule has 0 saturated heterocycles. The molecule has 3 N–H and O–H groups in total. The van der Waals surface area contributed by atoms with Gasteiger partial charge in [-0.25, -0.2) is 0 Å². The van der Waals surface area contributed by atoms with Gasteiger partial charge in [-0.15, -0.1) is 0 Å². The van der Waals surface area contributed by atoms with Gasteiger partial charge in [0.15, 0.2) is 16.6 Å². The van der Waals surface area contributed by atoms with Gasteiger partial charge in [-0.05, 0) is 24.4 Å². The number of benzene rings is 2. The zero-order valence-electron chi connectivity index (χ0n) is 17.0. The van der Waals surface area contributed by atoms with Crippen molar-refractivity contribution in [1.29, 1.82) is 0 Å². The molecule has 0 aliphatic heterocycles. The summed E-state index contributed by atoms with van der Waals surface area (Å²) in [6, 6.07) is 6.24. The number of amides is 1. The Labute approximate surface area is 184 Å². The van der Waals surface area contributed by atoms with Crippen molar-refractivity contribution >= 4 is 40.5 Å². The average Bonchev–Trinajstić information content (AvgIpc) is 2.76. The Bertz CT molecular complexity index is 916. The molecule has 30 heavy (non-hydrogen) atoms. The lowest BCUT2D eigenvalue weighted by molar-refractivity contribution is 0.0943. The first-order valence-electron chi connectivity index (χ1n) is 8.47. The molecule has 0 aliphatic carbocycles. The van der Waals surface area contributed by atoms with Gasteiger partial charge in [0.1, 0.15) is 11.5 Å². The SMILES string of the molecule is COc1cc(NC(=S)NNC(=O)c2cc(OC)c(OC)c(OC)c2)c(OC)cc1Cl. The number of halogens is 1. The Kier molecular flexibility index (Phi) is 8.19. The van der Waals surface area contributed by atoms with Crippen LogP contribution >= 0.6 is 23.8 Å². The summed E-state index contributed by atoms with van der Waals surface area (Å²) in [5.41, 5.74) is 5.88. The Morgan fingerprint density at radius 2 is 1.37 bits per heavy atom. The number of methoxy groups -OCH3 is 5. The zero-order chi connectivity index (χ0) is 22.3. The lowest BCUT2D eigenvalue weighted by Crippen LogP contribution is -2.43. The molecule has 9 nitrogen and oxygen atoms in total. The minimum Gasteiger partial charge on any atom is -0.495 e. The van der Waals surface area contributed by atoms with Crippen LogP contribution in [-0.2, 0) is 0 Å². The second-order valence-corrected chi connectivity index (χ2v) is 6.45. The Morgan fingerprint density at radius 3 is 1.87 bits per heavy atom. The molecular formula is C19H22ClN3O6S. The van der Waals surface area contributed by atoms with E-state index >= 15 is 0 Å². The number of hydrazine groups is 1. The minimum absolute atomic E-state index is 0.110. The van der Waals surface area contributed by atoms with Crippen LogP contribution in [0, 0.1) is 0 Å². The molecule has 0 atom stereocenters. The summed E-state index contributed by atoms with van der Waals surface area (Å²) in [4.78, 5) is 12.5. The van der Waals surface area contributed by atoms with E-state index in [-0.39, 0.29) is 10.7 Å². The van der Waals surface area contributed by atoms with Crippen molar-refractivity contribution in [3.63, 3.8) is 0 Å². The van der Waals surface area contributed by atoms with Crippen LogP contribution in [0.4, 0.5) is 5.69 Å². The van der Waals surface area contributed by atoms with E-state index in [1.165, 1.54) is 47.7 Å². The fourth-order valence-corrected chi connectivity index (χ4v) is 2.90. The molecule has 1 amide bonds. The maximum atomic E-state index is 12.5. The molecule has 2 rings (SSSR count). The Morgan fingerprint density at radius 1 is 0.800 bits per heavy atom. The minimum atomic E-state index is -0.473. The Balaban J connectivity index is 2.11. The van der Waals surface area contributed by atoms with Gasteiger partial charge < -0.3 is 29.0 Å². The third-order valence-corrected chi connectivity index (χ3v) is 4.44. The second-order valence-electron chi connectivity index (χ2n) is 5.63. The van der Waals surface area contributed by atoms with E-state index in [4.69, 9.17) is 47.5 Å². The third-order valence-electron chi connectivity index (χ3n) is 3.94. The summed E-state index contributed by atoms with van der Waals surface area (Å²) in [5.74, 6) is 1.48. The summed E-state index contributed by atoms with van der Waals surface area (Å²) in [7, 11) is 7.39. The van der Waals surface area contributed by atoms with Crippen LogP contribution in [0.5, 0.6) is 28.7 Å². The van der Waals surface area contributed by atoms with E-state index in [0.29, 0.717) is 39.5 Å². The number of hydrogen-bond donors (Lipinski definition) is 3. The maximum Gasteiger partial charge on any atom is 0.269 e. The molecule has 0 fully saturated rings. The zero-order valence-corrected chi connectivity index (χ0v) is 18.6. The predicted molar refractivity (Wildman–Crippen MR) is 117 cm³/mol. The number of nitrogens with one attached hydrogen (secondary N) is 3. The largest absolute Gasteiger partial charge is 0.495 e. The standard InChI is InChI=1S/C19H22ClN3O6S/c1-25-13-9-12(14(26-2)8-11(13)20)21-19(30)23-22-18(24)10-6-15(27-3)17(29-5)16(7-10)28-4/h6-9H,1-5H3,(H,22,24)(H2,21,23,30). The van der Waals surface area contributed by atoms with Gasteiger partial charge in [-0.1, -0.05) is 11.6 Å². The fraction of sp³-hybridized carbons (Fsp3) is 0.263. The van der Waals surface area contributed by atoms with Crippen LogP contribution in [0.25, 0.3) is 0 Å². The van der Waals surface area contributed by atoms with E-state index in [1.54, 1.807) is 12.1 Å². The van der Waals surface area contributed by atoms with Crippen LogP contribution in [0.1, 0.15) is 10.4 Å². The van der Waals surface area contributed by atoms with Gasteiger partial charge in [-0.3, -0.25) is 15.6 Å². The average molecular weight is 456 g/mol. The van der Waals surface area contributed by atoms with Crippen molar-refractivity contribution < 1.29 is 28.5 Å². The van der Waals surface area contributed by atoms with Gasteiger partial charge in [0.25, 0.3) is 5.91 Å². The monoisotopic (exact) mass is 455 g/mol. The normalized spacial score (nSPS) is 9.93. The van der Waals surface area contributed by atoms with Crippen molar-refractivity contribution in [2.24, 2.45) is 0 Å². The van der Waals surface area contributed by atoms with Crippen molar-refractivity contribution in [3.05, 3.63) is 34.9 Å². The number of rotatable bonds is 7. The summed E-state index contributed by atoms with van der Waals surface area (Å²) < 4.78 is 26.2.